The number of anilines is 2. The van der Waals surface area contributed by atoms with E-state index in [1.54, 1.807) is 5.32 Å². The highest BCUT2D eigenvalue weighted by Gasteiger charge is 2.32. The molecule has 206 valence electrons. The van der Waals surface area contributed by atoms with Crippen LogP contribution in [0.25, 0.3) is 0 Å². The van der Waals surface area contributed by atoms with Gasteiger partial charge in [0.15, 0.2) is 0 Å². The Hall–Kier alpha value is -3.97. The highest BCUT2D eigenvalue weighted by atomic mass is 19.4. The first-order chi connectivity index (χ1) is 17.8. The third kappa shape index (κ3) is 6.86. The lowest BCUT2D eigenvalue weighted by atomic mass is 9.96. The van der Waals surface area contributed by atoms with Gasteiger partial charge in [-0.2, -0.15) is 18.3 Å². The first-order valence-corrected chi connectivity index (χ1v) is 11.9. The van der Waals surface area contributed by atoms with E-state index < -0.39 is 48.7 Å². The molecular weight excluding hydrogens is 512 g/mol. The van der Waals surface area contributed by atoms with E-state index >= 15 is 4.39 Å². The van der Waals surface area contributed by atoms with E-state index in [-0.39, 0.29) is 47.5 Å². The molecule has 0 radical (unpaired) electrons. The molecule has 14 heteroatoms. The average molecular weight is 541 g/mol. The van der Waals surface area contributed by atoms with Crippen molar-refractivity contribution in [1.82, 2.24) is 20.4 Å². The minimum atomic E-state index is -4.63. The van der Waals surface area contributed by atoms with Gasteiger partial charge in [-0.15, -0.1) is 0 Å². The molecule has 1 aliphatic heterocycles. The number of carbonyl (C=O) groups is 4. The molecular formula is C24H28F4N6O4. The van der Waals surface area contributed by atoms with Gasteiger partial charge in [0, 0.05) is 30.9 Å². The predicted octanol–water partition coefficient (Wildman–Crippen LogP) is 2.88. The normalized spacial score (nSPS) is 14.5. The predicted molar refractivity (Wildman–Crippen MR) is 129 cm³/mol. The number of nitrogens with one attached hydrogen (secondary N) is 3. The number of amides is 4. The van der Waals surface area contributed by atoms with Crippen LogP contribution in [-0.2, 0) is 14.4 Å². The summed E-state index contributed by atoms with van der Waals surface area (Å²) in [6.45, 7) is 3.13. The molecule has 38 heavy (non-hydrogen) atoms. The van der Waals surface area contributed by atoms with Gasteiger partial charge in [0.25, 0.3) is 5.91 Å². The summed E-state index contributed by atoms with van der Waals surface area (Å²) in [5.41, 5.74) is 0.00294. The maximum atomic E-state index is 15.0. The number of alkyl halides is 3. The van der Waals surface area contributed by atoms with E-state index in [1.807, 2.05) is 13.8 Å². The zero-order chi connectivity index (χ0) is 28.2. The molecule has 2 aromatic rings. The van der Waals surface area contributed by atoms with E-state index in [4.69, 9.17) is 0 Å². The van der Waals surface area contributed by atoms with Crippen LogP contribution in [0.2, 0.25) is 0 Å². The number of hydrogen-bond donors (Lipinski definition) is 3. The summed E-state index contributed by atoms with van der Waals surface area (Å²) >= 11 is 0. The molecule has 0 aliphatic carbocycles. The lowest BCUT2D eigenvalue weighted by molar-refractivity contribution is -0.139. The van der Waals surface area contributed by atoms with Crippen molar-refractivity contribution in [3.05, 3.63) is 41.5 Å². The summed E-state index contributed by atoms with van der Waals surface area (Å²) in [6.07, 6.45) is -2.50. The van der Waals surface area contributed by atoms with Crippen LogP contribution >= 0.6 is 0 Å². The van der Waals surface area contributed by atoms with Gasteiger partial charge in [-0.1, -0.05) is 0 Å². The maximum absolute atomic E-state index is 15.0. The Bertz CT molecular complexity index is 1230. The average Bonchev–Trinajstić information content (AvgIpc) is 3.50. The van der Waals surface area contributed by atoms with Gasteiger partial charge in [0.1, 0.15) is 18.1 Å². The molecule has 1 atom stereocenters. The Kier molecular flexibility index (Phi) is 8.74. The van der Waals surface area contributed by atoms with Crippen LogP contribution in [0.3, 0.4) is 0 Å². The molecule has 4 amide bonds. The van der Waals surface area contributed by atoms with E-state index in [9.17, 15) is 32.3 Å². The largest absolute Gasteiger partial charge is 0.405 e. The zero-order valence-corrected chi connectivity index (χ0v) is 21.0. The third-order valence-electron chi connectivity index (χ3n) is 5.88. The second kappa shape index (κ2) is 11.6. The minimum Gasteiger partial charge on any atom is -0.346 e. The summed E-state index contributed by atoms with van der Waals surface area (Å²) in [5.74, 6) is -4.85. The van der Waals surface area contributed by atoms with Crippen molar-refractivity contribution in [3.63, 3.8) is 0 Å². The summed E-state index contributed by atoms with van der Waals surface area (Å²) < 4.78 is 54.1. The molecule has 0 saturated carbocycles. The summed E-state index contributed by atoms with van der Waals surface area (Å²) in [6, 6.07) is 3.46. The van der Waals surface area contributed by atoms with Gasteiger partial charge in [0.05, 0.1) is 18.2 Å². The highest BCUT2D eigenvalue weighted by molar-refractivity contribution is 6.01. The standard InChI is InChI=1S/C24H28F4N6O4/c1-13(2)34-18(6-7-31-34)23(38)29-11-20(35)32-17-10-19(33-8-4-5-21(33)36)15(9-16(17)25)14(3)22(37)30-12-24(26,27)28/h6-7,9-10,13-14H,4-5,8,11-12H2,1-3H3,(H,29,38)(H,30,37)(H,32,35). The van der Waals surface area contributed by atoms with E-state index in [2.05, 4.69) is 15.7 Å². The quantitative estimate of drug-likeness (QED) is 0.422. The molecule has 1 fully saturated rings. The lowest BCUT2D eigenvalue weighted by Crippen LogP contribution is -2.37. The summed E-state index contributed by atoms with van der Waals surface area (Å²) in [7, 11) is 0. The zero-order valence-electron chi connectivity index (χ0n) is 21.0. The molecule has 1 aromatic heterocycles. The monoisotopic (exact) mass is 540 g/mol. The van der Waals surface area contributed by atoms with Crippen LogP contribution in [0.4, 0.5) is 28.9 Å². The second-order valence-corrected chi connectivity index (χ2v) is 9.08. The van der Waals surface area contributed by atoms with E-state index in [0.717, 1.165) is 12.1 Å². The van der Waals surface area contributed by atoms with Crippen LogP contribution in [-0.4, -0.2) is 59.2 Å². The molecule has 1 aromatic carbocycles. The Morgan fingerprint density at radius 2 is 1.84 bits per heavy atom. The molecule has 10 nitrogen and oxygen atoms in total. The van der Waals surface area contributed by atoms with Gasteiger partial charge in [-0.3, -0.25) is 23.9 Å². The fourth-order valence-electron chi connectivity index (χ4n) is 3.99. The molecule has 1 unspecified atom stereocenters. The molecule has 2 heterocycles. The molecule has 3 rings (SSSR count). The van der Waals surface area contributed by atoms with E-state index in [0.29, 0.717) is 6.42 Å². The van der Waals surface area contributed by atoms with Crippen LogP contribution in [0.5, 0.6) is 0 Å². The first kappa shape index (κ1) is 28.6. The number of aromatic nitrogens is 2. The number of halogens is 4. The highest BCUT2D eigenvalue weighted by Crippen LogP contribution is 2.35. The number of hydrogen-bond acceptors (Lipinski definition) is 5. The van der Waals surface area contributed by atoms with Crippen molar-refractivity contribution in [2.75, 3.05) is 29.9 Å². The second-order valence-electron chi connectivity index (χ2n) is 9.08. The molecule has 1 aliphatic rings. The number of nitrogens with zero attached hydrogens (tertiary/aromatic N) is 3. The van der Waals surface area contributed by atoms with Crippen molar-refractivity contribution >= 4 is 35.0 Å². The lowest BCUT2D eigenvalue weighted by Gasteiger charge is -2.24. The van der Waals surface area contributed by atoms with E-state index in [1.165, 1.54) is 28.8 Å². The number of benzene rings is 1. The van der Waals surface area contributed by atoms with Gasteiger partial charge >= 0.3 is 6.18 Å². The van der Waals surface area contributed by atoms with Crippen LogP contribution in [0, 0.1) is 5.82 Å². The van der Waals surface area contributed by atoms with Crippen LogP contribution in [0.15, 0.2) is 24.4 Å². The van der Waals surface area contributed by atoms with Gasteiger partial charge < -0.3 is 20.9 Å². The van der Waals surface area contributed by atoms with Crippen molar-refractivity contribution in [2.45, 2.75) is 51.7 Å². The van der Waals surface area contributed by atoms with Crippen molar-refractivity contribution in [1.29, 1.82) is 0 Å². The molecule has 3 N–H and O–H groups in total. The number of carbonyl (C=O) groups excluding carboxylic acids is 4. The molecule has 0 bridgehead atoms. The topological polar surface area (TPSA) is 125 Å². The Morgan fingerprint density at radius 1 is 1.13 bits per heavy atom. The Morgan fingerprint density at radius 3 is 2.45 bits per heavy atom. The summed E-state index contributed by atoms with van der Waals surface area (Å²) in [4.78, 5) is 51.0. The van der Waals surface area contributed by atoms with Gasteiger partial charge in [0.2, 0.25) is 17.7 Å². The van der Waals surface area contributed by atoms with Crippen molar-refractivity contribution in [3.8, 4) is 0 Å². The molecule has 0 spiro atoms. The fraction of sp³-hybridized carbons (Fsp3) is 0.458. The molecule has 1 saturated heterocycles. The maximum Gasteiger partial charge on any atom is 0.405 e. The van der Waals surface area contributed by atoms with Crippen LogP contribution < -0.4 is 20.9 Å². The third-order valence-corrected chi connectivity index (χ3v) is 5.88. The van der Waals surface area contributed by atoms with Crippen molar-refractivity contribution in [2.24, 2.45) is 0 Å². The Labute approximate surface area is 215 Å². The minimum absolute atomic E-state index is 0.00864. The SMILES string of the molecule is CC(C(=O)NCC(F)(F)F)c1cc(F)c(NC(=O)CNC(=O)c2ccnn2C(C)C)cc1N1CCCC1=O. The van der Waals surface area contributed by atoms with Crippen LogP contribution in [0.1, 0.15) is 61.6 Å². The Balaban J connectivity index is 1.79. The number of rotatable bonds is 9. The smallest absolute Gasteiger partial charge is 0.346 e. The summed E-state index contributed by atoms with van der Waals surface area (Å²) in [5, 5.41) is 10.6. The van der Waals surface area contributed by atoms with Crippen molar-refractivity contribution < 1.29 is 36.7 Å². The van der Waals surface area contributed by atoms with Gasteiger partial charge in [-0.05, 0) is 51.0 Å². The fourth-order valence-corrected chi connectivity index (χ4v) is 3.99. The first-order valence-electron chi connectivity index (χ1n) is 11.9. The van der Waals surface area contributed by atoms with Gasteiger partial charge in [-0.25, -0.2) is 4.39 Å².